The molecule has 0 aromatic heterocycles. The number of amides is 1. The van der Waals surface area contributed by atoms with Crippen molar-refractivity contribution in [3.05, 3.63) is 59.7 Å². The lowest BCUT2D eigenvalue weighted by Crippen LogP contribution is -2.30. The first kappa shape index (κ1) is 20.6. The van der Waals surface area contributed by atoms with Crippen LogP contribution in [0.15, 0.2) is 53.4 Å². The van der Waals surface area contributed by atoms with Crippen molar-refractivity contribution in [1.29, 1.82) is 0 Å². The fraction of sp³-hybridized carbons (Fsp3) is 0.222. The Balaban J connectivity index is 2.03. The van der Waals surface area contributed by atoms with Gasteiger partial charge in [0, 0.05) is 12.8 Å². The average molecular weight is 392 g/mol. The minimum absolute atomic E-state index is 0.139. The van der Waals surface area contributed by atoms with Crippen LogP contribution in [0.4, 0.5) is 5.69 Å². The molecule has 144 valence electrons. The van der Waals surface area contributed by atoms with Crippen LogP contribution in [-0.2, 0) is 30.9 Å². The first-order chi connectivity index (χ1) is 12.7. The highest BCUT2D eigenvalue weighted by atomic mass is 32.2. The number of carbonyl (C=O) groups is 2. The monoisotopic (exact) mass is 392 g/mol. The second-order valence-electron chi connectivity index (χ2n) is 5.74. The summed E-state index contributed by atoms with van der Waals surface area (Å²) in [5.41, 5.74) is 1.31. The predicted octanol–water partition coefficient (Wildman–Crippen LogP) is 1.66. The summed E-state index contributed by atoms with van der Waals surface area (Å²) in [5.74, 6) is -1.27. The summed E-state index contributed by atoms with van der Waals surface area (Å²) < 4.78 is 32.9. The van der Waals surface area contributed by atoms with Gasteiger partial charge in [0.15, 0.2) is 6.10 Å². The van der Waals surface area contributed by atoms with Gasteiger partial charge in [0.1, 0.15) is 0 Å². The molecule has 0 saturated heterocycles. The van der Waals surface area contributed by atoms with Crippen LogP contribution in [0.3, 0.4) is 0 Å². The SMILES string of the molecule is COCc1cccc(C(=O)O[C@H](C)C(=O)Nc2cccc(S(N)(=O)=O)c2)c1. The molecule has 0 spiro atoms. The van der Waals surface area contributed by atoms with Gasteiger partial charge < -0.3 is 14.8 Å². The van der Waals surface area contributed by atoms with Crippen LogP contribution in [0, 0.1) is 0 Å². The Morgan fingerprint density at radius 2 is 1.85 bits per heavy atom. The summed E-state index contributed by atoms with van der Waals surface area (Å²) in [6.45, 7) is 1.76. The first-order valence-electron chi connectivity index (χ1n) is 7.93. The third kappa shape index (κ3) is 5.88. The zero-order valence-electron chi connectivity index (χ0n) is 14.8. The Hall–Kier alpha value is -2.75. The van der Waals surface area contributed by atoms with E-state index in [1.54, 1.807) is 31.4 Å². The predicted molar refractivity (Wildman–Crippen MR) is 98.5 cm³/mol. The molecule has 27 heavy (non-hydrogen) atoms. The highest BCUT2D eigenvalue weighted by Crippen LogP contribution is 2.15. The smallest absolute Gasteiger partial charge is 0.338 e. The molecular formula is C18H20N2O6S. The van der Waals surface area contributed by atoms with E-state index in [1.165, 1.54) is 31.2 Å². The number of anilines is 1. The second kappa shape index (κ2) is 8.76. The molecule has 0 unspecified atom stereocenters. The van der Waals surface area contributed by atoms with E-state index in [1.807, 2.05) is 0 Å². The number of sulfonamides is 1. The summed E-state index contributed by atoms with van der Waals surface area (Å²) in [7, 11) is -2.35. The number of benzene rings is 2. The van der Waals surface area contributed by atoms with Crippen molar-refractivity contribution in [3.63, 3.8) is 0 Å². The van der Waals surface area contributed by atoms with E-state index in [-0.39, 0.29) is 10.6 Å². The van der Waals surface area contributed by atoms with E-state index in [4.69, 9.17) is 14.6 Å². The zero-order chi connectivity index (χ0) is 20.0. The highest BCUT2D eigenvalue weighted by molar-refractivity contribution is 7.89. The summed E-state index contributed by atoms with van der Waals surface area (Å²) in [4.78, 5) is 24.3. The maximum Gasteiger partial charge on any atom is 0.338 e. The minimum atomic E-state index is -3.89. The molecule has 0 aliphatic rings. The molecule has 0 heterocycles. The van der Waals surface area contributed by atoms with Crippen molar-refractivity contribution in [1.82, 2.24) is 0 Å². The molecule has 0 fully saturated rings. The first-order valence-corrected chi connectivity index (χ1v) is 9.48. The van der Waals surface area contributed by atoms with Gasteiger partial charge in [0.2, 0.25) is 10.0 Å². The van der Waals surface area contributed by atoms with Crippen LogP contribution in [0.2, 0.25) is 0 Å². The lowest BCUT2D eigenvalue weighted by molar-refractivity contribution is -0.123. The molecule has 1 atom stereocenters. The molecule has 2 aromatic carbocycles. The Labute approximate surface area is 157 Å². The standard InChI is InChI=1S/C18H20N2O6S/c1-12(26-18(22)14-6-3-5-13(9-14)11-25-2)17(21)20-15-7-4-8-16(10-15)27(19,23)24/h3-10,12H,11H2,1-2H3,(H,20,21)(H2,19,23,24)/t12-/m1/s1. The van der Waals surface area contributed by atoms with Crippen molar-refractivity contribution < 1.29 is 27.5 Å². The van der Waals surface area contributed by atoms with Gasteiger partial charge in [-0.3, -0.25) is 4.79 Å². The summed E-state index contributed by atoms with van der Waals surface area (Å²) in [6, 6.07) is 12.1. The van der Waals surface area contributed by atoms with E-state index in [0.717, 1.165) is 5.56 Å². The van der Waals surface area contributed by atoms with Crippen LogP contribution in [0.5, 0.6) is 0 Å². The number of carbonyl (C=O) groups excluding carboxylic acids is 2. The Bertz CT molecular complexity index is 942. The number of methoxy groups -OCH3 is 1. The number of hydrogen-bond acceptors (Lipinski definition) is 6. The van der Waals surface area contributed by atoms with E-state index in [0.29, 0.717) is 12.2 Å². The number of rotatable bonds is 7. The molecule has 0 saturated carbocycles. The molecule has 3 N–H and O–H groups in total. The average Bonchev–Trinajstić information content (AvgIpc) is 2.61. The quantitative estimate of drug-likeness (QED) is 0.691. The van der Waals surface area contributed by atoms with Gasteiger partial charge in [0.05, 0.1) is 17.1 Å². The lowest BCUT2D eigenvalue weighted by Gasteiger charge is -2.14. The molecule has 1 amide bonds. The van der Waals surface area contributed by atoms with Crippen molar-refractivity contribution >= 4 is 27.6 Å². The second-order valence-corrected chi connectivity index (χ2v) is 7.30. The molecule has 0 aliphatic heterocycles. The summed E-state index contributed by atoms with van der Waals surface area (Å²) in [5, 5.41) is 7.55. The van der Waals surface area contributed by atoms with Gasteiger partial charge in [-0.05, 0) is 42.8 Å². The largest absolute Gasteiger partial charge is 0.449 e. The number of nitrogens with one attached hydrogen (secondary N) is 1. The summed E-state index contributed by atoms with van der Waals surface area (Å²) in [6.07, 6.45) is -1.10. The molecule has 9 heteroatoms. The van der Waals surface area contributed by atoms with E-state index in [9.17, 15) is 18.0 Å². The van der Waals surface area contributed by atoms with Gasteiger partial charge in [0.25, 0.3) is 5.91 Å². The van der Waals surface area contributed by atoms with Crippen molar-refractivity contribution in [2.75, 3.05) is 12.4 Å². The van der Waals surface area contributed by atoms with Crippen LogP contribution < -0.4 is 10.5 Å². The molecule has 2 rings (SSSR count). The van der Waals surface area contributed by atoms with Gasteiger partial charge >= 0.3 is 5.97 Å². The molecular weight excluding hydrogens is 372 g/mol. The van der Waals surface area contributed by atoms with Gasteiger partial charge in [-0.25, -0.2) is 18.4 Å². The normalized spacial score (nSPS) is 12.3. The zero-order valence-corrected chi connectivity index (χ0v) is 15.7. The molecule has 8 nitrogen and oxygen atoms in total. The van der Waals surface area contributed by atoms with E-state index < -0.39 is 28.0 Å². The van der Waals surface area contributed by atoms with Gasteiger partial charge in [-0.1, -0.05) is 18.2 Å². The number of primary sulfonamides is 1. The molecule has 0 bridgehead atoms. The van der Waals surface area contributed by atoms with Crippen molar-refractivity contribution in [2.24, 2.45) is 5.14 Å². The highest BCUT2D eigenvalue weighted by Gasteiger charge is 2.20. The Morgan fingerprint density at radius 1 is 1.15 bits per heavy atom. The van der Waals surface area contributed by atoms with Gasteiger partial charge in [-0.15, -0.1) is 0 Å². The van der Waals surface area contributed by atoms with Crippen LogP contribution >= 0.6 is 0 Å². The molecule has 2 aromatic rings. The van der Waals surface area contributed by atoms with Crippen LogP contribution in [0.1, 0.15) is 22.8 Å². The lowest BCUT2D eigenvalue weighted by atomic mass is 10.1. The number of hydrogen-bond donors (Lipinski definition) is 2. The van der Waals surface area contributed by atoms with Gasteiger partial charge in [-0.2, -0.15) is 0 Å². The third-order valence-corrected chi connectivity index (χ3v) is 4.47. The minimum Gasteiger partial charge on any atom is -0.449 e. The fourth-order valence-corrected chi connectivity index (χ4v) is 2.79. The molecule has 0 radical (unpaired) electrons. The topological polar surface area (TPSA) is 125 Å². The number of nitrogens with two attached hydrogens (primary N) is 1. The van der Waals surface area contributed by atoms with E-state index in [2.05, 4.69) is 5.32 Å². The summed E-state index contributed by atoms with van der Waals surface area (Å²) >= 11 is 0. The van der Waals surface area contributed by atoms with E-state index >= 15 is 0 Å². The molecule has 0 aliphatic carbocycles. The van der Waals surface area contributed by atoms with Crippen LogP contribution in [0.25, 0.3) is 0 Å². The Kier molecular flexibility index (Phi) is 6.67. The maximum atomic E-state index is 12.2. The third-order valence-electron chi connectivity index (χ3n) is 3.56. The fourth-order valence-electron chi connectivity index (χ4n) is 2.23. The maximum absolute atomic E-state index is 12.2. The number of esters is 1. The van der Waals surface area contributed by atoms with Crippen LogP contribution in [-0.4, -0.2) is 33.5 Å². The van der Waals surface area contributed by atoms with Crippen molar-refractivity contribution in [2.45, 2.75) is 24.5 Å². The Morgan fingerprint density at radius 3 is 2.52 bits per heavy atom. The number of ether oxygens (including phenoxy) is 2. The van der Waals surface area contributed by atoms with Crippen molar-refractivity contribution in [3.8, 4) is 0 Å².